The molecule has 21 heavy (non-hydrogen) atoms. The van der Waals surface area contributed by atoms with E-state index in [9.17, 15) is 4.79 Å². The third kappa shape index (κ3) is 3.78. The highest BCUT2D eigenvalue weighted by Gasteiger charge is 2.34. The van der Waals surface area contributed by atoms with Gasteiger partial charge in [0.25, 0.3) is 5.91 Å². The number of hydrogen-bond acceptors (Lipinski definition) is 2. The van der Waals surface area contributed by atoms with Crippen molar-refractivity contribution in [2.24, 2.45) is 5.92 Å². The van der Waals surface area contributed by atoms with Crippen LogP contribution in [-0.2, 0) is 0 Å². The third-order valence-electron chi connectivity index (χ3n) is 4.45. The number of benzene rings is 1. The van der Waals surface area contributed by atoms with Gasteiger partial charge >= 0.3 is 0 Å². The van der Waals surface area contributed by atoms with Crippen LogP contribution in [0, 0.1) is 12.8 Å². The highest BCUT2D eigenvalue weighted by atomic mass is 35.5. The van der Waals surface area contributed by atoms with Crippen LogP contribution in [0.5, 0.6) is 0 Å². The first-order chi connectivity index (χ1) is 10.1. The predicted octanol–water partition coefficient (Wildman–Crippen LogP) is 3.25. The van der Waals surface area contributed by atoms with Gasteiger partial charge in [-0.25, -0.2) is 0 Å². The van der Waals surface area contributed by atoms with Crippen LogP contribution in [0.4, 0.5) is 0 Å². The topological polar surface area (TPSA) is 32.3 Å². The first-order valence-corrected chi connectivity index (χ1v) is 8.30. The zero-order valence-corrected chi connectivity index (χ0v) is 13.3. The molecule has 0 unspecified atom stereocenters. The molecule has 1 saturated heterocycles. The monoisotopic (exact) mass is 306 g/mol. The Kier molecular flexibility index (Phi) is 4.51. The van der Waals surface area contributed by atoms with Crippen molar-refractivity contribution >= 4 is 17.5 Å². The number of amides is 1. The zero-order chi connectivity index (χ0) is 14.8. The average Bonchev–Trinajstić information content (AvgIpc) is 3.29. The maximum atomic E-state index is 12.9. The molecular weight excluding hydrogens is 284 g/mol. The number of aryl methyl sites for hydroxylation is 1. The number of carbonyl (C=O) groups is 1. The van der Waals surface area contributed by atoms with Gasteiger partial charge in [0.2, 0.25) is 0 Å². The van der Waals surface area contributed by atoms with Gasteiger partial charge in [0, 0.05) is 23.2 Å². The highest BCUT2D eigenvalue weighted by molar-refractivity contribution is 6.31. The second-order valence-corrected chi connectivity index (χ2v) is 6.84. The van der Waals surface area contributed by atoms with E-state index >= 15 is 0 Å². The Balaban J connectivity index is 1.74. The van der Waals surface area contributed by atoms with Crippen LogP contribution in [0.2, 0.25) is 5.02 Å². The molecule has 1 aromatic rings. The summed E-state index contributed by atoms with van der Waals surface area (Å²) in [5.74, 6) is 0.790. The zero-order valence-electron chi connectivity index (χ0n) is 12.6. The van der Waals surface area contributed by atoms with Gasteiger partial charge in [0.05, 0.1) is 0 Å². The van der Waals surface area contributed by atoms with Crippen LogP contribution in [0.1, 0.15) is 41.6 Å². The molecule has 2 fully saturated rings. The van der Waals surface area contributed by atoms with Gasteiger partial charge < -0.3 is 10.2 Å². The van der Waals surface area contributed by atoms with Gasteiger partial charge in [-0.15, -0.1) is 0 Å². The van der Waals surface area contributed by atoms with Crippen molar-refractivity contribution in [1.82, 2.24) is 10.2 Å². The lowest BCUT2D eigenvalue weighted by Crippen LogP contribution is -2.40. The number of hydrogen-bond donors (Lipinski definition) is 1. The summed E-state index contributed by atoms with van der Waals surface area (Å²) in [6.07, 6.45) is 4.64. The minimum Gasteiger partial charge on any atom is -0.335 e. The van der Waals surface area contributed by atoms with E-state index in [1.165, 1.54) is 12.8 Å². The van der Waals surface area contributed by atoms with Gasteiger partial charge in [-0.2, -0.15) is 0 Å². The molecule has 0 atom stereocenters. The van der Waals surface area contributed by atoms with E-state index in [0.717, 1.165) is 43.6 Å². The van der Waals surface area contributed by atoms with E-state index in [0.29, 0.717) is 17.0 Å². The molecule has 1 aliphatic heterocycles. The lowest BCUT2D eigenvalue weighted by Gasteiger charge is -2.30. The first kappa shape index (κ1) is 14.9. The van der Waals surface area contributed by atoms with Gasteiger partial charge in [-0.05, 0) is 75.4 Å². The Hall–Kier alpha value is -1.06. The Morgan fingerprint density at radius 3 is 2.57 bits per heavy atom. The first-order valence-electron chi connectivity index (χ1n) is 7.92. The summed E-state index contributed by atoms with van der Waals surface area (Å²) in [7, 11) is 0. The summed E-state index contributed by atoms with van der Waals surface area (Å²) < 4.78 is 0. The average molecular weight is 307 g/mol. The maximum Gasteiger partial charge on any atom is 0.254 e. The number of halogens is 1. The summed E-state index contributed by atoms with van der Waals surface area (Å²) >= 11 is 6.11. The van der Waals surface area contributed by atoms with Crippen molar-refractivity contribution in [3.63, 3.8) is 0 Å². The molecule has 0 radical (unpaired) electrons. The van der Waals surface area contributed by atoms with Crippen molar-refractivity contribution in [3.05, 3.63) is 34.3 Å². The van der Waals surface area contributed by atoms with Crippen molar-refractivity contribution in [1.29, 1.82) is 0 Å². The molecule has 0 aromatic heterocycles. The molecule has 2 aliphatic rings. The van der Waals surface area contributed by atoms with E-state index in [1.54, 1.807) is 6.07 Å². The minimum absolute atomic E-state index is 0.154. The smallest absolute Gasteiger partial charge is 0.254 e. The molecule has 0 bridgehead atoms. The van der Waals surface area contributed by atoms with Crippen LogP contribution in [0.25, 0.3) is 0 Å². The Morgan fingerprint density at radius 2 is 1.95 bits per heavy atom. The summed E-state index contributed by atoms with van der Waals surface area (Å²) in [5.41, 5.74) is 1.78. The van der Waals surface area contributed by atoms with E-state index in [2.05, 4.69) is 10.2 Å². The Labute approximate surface area is 131 Å². The fourth-order valence-electron chi connectivity index (χ4n) is 3.15. The summed E-state index contributed by atoms with van der Waals surface area (Å²) in [4.78, 5) is 15.0. The SMILES string of the molecule is Cc1cc(Cl)cc(C(=O)N(CC2CCNCC2)C2CC2)c1. The number of carbonyl (C=O) groups excluding carboxylic acids is 1. The number of piperidine rings is 1. The van der Waals surface area contributed by atoms with Gasteiger partial charge in [0.1, 0.15) is 0 Å². The number of nitrogens with zero attached hydrogens (tertiary/aromatic N) is 1. The molecule has 1 amide bonds. The fourth-order valence-corrected chi connectivity index (χ4v) is 3.44. The molecule has 114 valence electrons. The summed E-state index contributed by atoms with van der Waals surface area (Å²) in [6.45, 7) is 5.04. The van der Waals surface area contributed by atoms with Crippen LogP contribution in [0.3, 0.4) is 0 Å². The molecule has 3 rings (SSSR count). The van der Waals surface area contributed by atoms with Gasteiger partial charge in [-0.3, -0.25) is 4.79 Å². The van der Waals surface area contributed by atoms with Crippen molar-refractivity contribution in [3.8, 4) is 0 Å². The van der Waals surface area contributed by atoms with Crippen LogP contribution < -0.4 is 5.32 Å². The van der Waals surface area contributed by atoms with Crippen molar-refractivity contribution < 1.29 is 4.79 Å². The molecule has 1 heterocycles. The molecule has 1 aliphatic carbocycles. The molecule has 1 N–H and O–H groups in total. The lowest BCUT2D eigenvalue weighted by atomic mass is 9.97. The fraction of sp³-hybridized carbons (Fsp3) is 0.588. The Morgan fingerprint density at radius 1 is 1.24 bits per heavy atom. The van der Waals surface area contributed by atoms with Gasteiger partial charge in [-0.1, -0.05) is 11.6 Å². The van der Waals surface area contributed by atoms with Crippen LogP contribution in [0.15, 0.2) is 18.2 Å². The molecule has 4 heteroatoms. The van der Waals surface area contributed by atoms with Crippen LogP contribution >= 0.6 is 11.6 Å². The second-order valence-electron chi connectivity index (χ2n) is 6.40. The minimum atomic E-state index is 0.154. The van der Waals surface area contributed by atoms with E-state index in [1.807, 2.05) is 19.1 Å². The van der Waals surface area contributed by atoms with Crippen LogP contribution in [-0.4, -0.2) is 36.5 Å². The normalized spacial score (nSPS) is 19.5. The van der Waals surface area contributed by atoms with Gasteiger partial charge in [0.15, 0.2) is 0 Å². The standard InChI is InChI=1S/C17H23ClN2O/c1-12-8-14(10-15(18)9-12)17(21)20(16-2-3-16)11-13-4-6-19-7-5-13/h8-10,13,16,19H,2-7,11H2,1H3. The Bertz CT molecular complexity index is 501. The highest BCUT2D eigenvalue weighted by Crippen LogP contribution is 2.31. The molecule has 0 spiro atoms. The molecule has 1 aromatic carbocycles. The summed E-state index contributed by atoms with van der Waals surface area (Å²) in [6, 6.07) is 6.10. The van der Waals surface area contributed by atoms with E-state index in [4.69, 9.17) is 11.6 Å². The molecule has 3 nitrogen and oxygen atoms in total. The maximum absolute atomic E-state index is 12.9. The second kappa shape index (κ2) is 6.37. The van der Waals surface area contributed by atoms with E-state index in [-0.39, 0.29) is 5.91 Å². The van der Waals surface area contributed by atoms with Crippen molar-refractivity contribution in [2.75, 3.05) is 19.6 Å². The van der Waals surface area contributed by atoms with E-state index < -0.39 is 0 Å². The summed E-state index contributed by atoms with van der Waals surface area (Å²) in [5, 5.41) is 4.04. The largest absolute Gasteiger partial charge is 0.335 e. The quantitative estimate of drug-likeness (QED) is 0.926. The van der Waals surface area contributed by atoms with Crippen molar-refractivity contribution in [2.45, 2.75) is 38.6 Å². The lowest BCUT2D eigenvalue weighted by molar-refractivity contribution is 0.0701. The number of rotatable bonds is 4. The molecular formula is C17H23ClN2O. The molecule has 1 saturated carbocycles. The number of nitrogens with one attached hydrogen (secondary N) is 1. The predicted molar refractivity (Wildman–Crippen MR) is 85.8 cm³/mol. The third-order valence-corrected chi connectivity index (χ3v) is 4.67.